The van der Waals surface area contributed by atoms with E-state index in [0.717, 1.165) is 35.4 Å². The zero-order valence-electron chi connectivity index (χ0n) is 19.9. The van der Waals surface area contributed by atoms with Crippen molar-refractivity contribution in [2.24, 2.45) is 0 Å². The molecule has 2 saturated heterocycles. The van der Waals surface area contributed by atoms with Crippen LogP contribution in [-0.4, -0.2) is 68.5 Å². The van der Waals surface area contributed by atoms with Crippen molar-refractivity contribution in [3.05, 3.63) is 51.3 Å². The normalized spacial score (nSPS) is 17.0. The first-order valence-electron chi connectivity index (χ1n) is 11.4. The van der Waals surface area contributed by atoms with Gasteiger partial charge in [0.15, 0.2) is 11.5 Å². The van der Waals surface area contributed by atoms with E-state index in [9.17, 15) is 14.4 Å². The lowest BCUT2D eigenvalue weighted by Crippen LogP contribution is -2.36. The lowest BCUT2D eigenvalue weighted by Gasteiger charge is -2.28. The number of carbonyl (C=O) groups excluding carboxylic acids is 3. The molecule has 2 aromatic rings. The summed E-state index contributed by atoms with van der Waals surface area (Å²) in [6.07, 6.45) is 1.59. The minimum atomic E-state index is -0.521. The van der Waals surface area contributed by atoms with Crippen LogP contribution in [0.25, 0.3) is 6.08 Å². The second-order valence-electron chi connectivity index (χ2n) is 7.93. The SMILES string of the molecule is CCOc1c(Br)cc(/C=C2/SC(=O)N(CC(=O)Nc3ccc(N4CCOCC4)cc3)C2=O)cc1OC. The first-order chi connectivity index (χ1) is 17.4. The van der Waals surface area contributed by atoms with Crippen LogP contribution in [0, 0.1) is 0 Å². The number of halogens is 1. The van der Waals surface area contributed by atoms with Crippen LogP contribution in [0.1, 0.15) is 12.5 Å². The number of methoxy groups -OCH3 is 1. The summed E-state index contributed by atoms with van der Waals surface area (Å²) in [7, 11) is 1.52. The summed E-state index contributed by atoms with van der Waals surface area (Å²) in [5.41, 5.74) is 2.29. The van der Waals surface area contributed by atoms with Crippen LogP contribution in [0.3, 0.4) is 0 Å². The highest BCUT2D eigenvalue weighted by molar-refractivity contribution is 9.10. The zero-order valence-corrected chi connectivity index (χ0v) is 22.3. The average molecular weight is 576 g/mol. The van der Waals surface area contributed by atoms with Crippen molar-refractivity contribution >= 4 is 62.2 Å². The average Bonchev–Trinajstić information content (AvgIpc) is 3.13. The van der Waals surface area contributed by atoms with Crippen LogP contribution >= 0.6 is 27.7 Å². The quantitative estimate of drug-likeness (QED) is 0.463. The van der Waals surface area contributed by atoms with E-state index in [2.05, 4.69) is 26.1 Å². The van der Waals surface area contributed by atoms with E-state index in [1.165, 1.54) is 7.11 Å². The number of hydrogen-bond donors (Lipinski definition) is 1. The van der Waals surface area contributed by atoms with Gasteiger partial charge in [-0.3, -0.25) is 19.3 Å². The van der Waals surface area contributed by atoms with Gasteiger partial charge < -0.3 is 24.4 Å². The van der Waals surface area contributed by atoms with Gasteiger partial charge in [0.05, 0.1) is 36.3 Å². The van der Waals surface area contributed by atoms with Gasteiger partial charge in [-0.2, -0.15) is 0 Å². The number of thioether (sulfide) groups is 1. The zero-order chi connectivity index (χ0) is 25.7. The van der Waals surface area contributed by atoms with E-state index >= 15 is 0 Å². The van der Waals surface area contributed by atoms with Crippen LogP contribution in [0.5, 0.6) is 11.5 Å². The molecule has 0 unspecified atom stereocenters. The van der Waals surface area contributed by atoms with E-state index < -0.39 is 17.1 Å². The third-order valence-electron chi connectivity index (χ3n) is 5.54. The van der Waals surface area contributed by atoms with Gasteiger partial charge in [-0.25, -0.2) is 0 Å². The molecule has 9 nitrogen and oxygen atoms in total. The second kappa shape index (κ2) is 11.8. The number of imide groups is 1. The van der Waals surface area contributed by atoms with Gasteiger partial charge in [0.25, 0.3) is 11.1 Å². The van der Waals surface area contributed by atoms with E-state index in [0.29, 0.717) is 47.0 Å². The molecule has 2 heterocycles. The van der Waals surface area contributed by atoms with Crippen molar-refractivity contribution < 1.29 is 28.6 Å². The van der Waals surface area contributed by atoms with Crippen molar-refractivity contribution in [3.8, 4) is 11.5 Å². The minimum absolute atomic E-state index is 0.223. The lowest BCUT2D eigenvalue weighted by molar-refractivity contribution is -0.127. The molecule has 36 heavy (non-hydrogen) atoms. The Bertz CT molecular complexity index is 1180. The molecule has 0 atom stereocenters. The Morgan fingerprint density at radius 2 is 1.92 bits per heavy atom. The van der Waals surface area contributed by atoms with Gasteiger partial charge >= 0.3 is 0 Å². The van der Waals surface area contributed by atoms with Crippen LogP contribution in [0.2, 0.25) is 0 Å². The number of nitrogens with one attached hydrogen (secondary N) is 1. The van der Waals surface area contributed by atoms with E-state index in [4.69, 9.17) is 14.2 Å². The molecule has 3 amide bonds. The van der Waals surface area contributed by atoms with Gasteiger partial charge in [-0.05, 0) is 82.7 Å². The summed E-state index contributed by atoms with van der Waals surface area (Å²) in [6.45, 7) is 4.98. The molecule has 0 spiro atoms. The van der Waals surface area contributed by atoms with Crippen molar-refractivity contribution in [2.45, 2.75) is 6.92 Å². The molecule has 11 heteroatoms. The van der Waals surface area contributed by atoms with Gasteiger partial charge in [-0.15, -0.1) is 0 Å². The van der Waals surface area contributed by atoms with Crippen molar-refractivity contribution in [3.63, 3.8) is 0 Å². The van der Waals surface area contributed by atoms with Crippen LogP contribution < -0.4 is 19.7 Å². The Hall–Kier alpha value is -3.02. The van der Waals surface area contributed by atoms with Crippen LogP contribution in [0.4, 0.5) is 16.2 Å². The number of amides is 3. The Morgan fingerprint density at radius 1 is 1.19 bits per heavy atom. The molecule has 2 aliphatic heterocycles. The lowest BCUT2D eigenvalue weighted by atomic mass is 10.2. The van der Waals surface area contributed by atoms with Crippen molar-refractivity contribution in [1.29, 1.82) is 0 Å². The number of nitrogens with zero attached hydrogens (tertiary/aromatic N) is 2. The number of benzene rings is 2. The second-order valence-corrected chi connectivity index (χ2v) is 9.78. The molecule has 0 aliphatic carbocycles. The summed E-state index contributed by atoms with van der Waals surface area (Å²) < 4.78 is 17.0. The monoisotopic (exact) mass is 575 g/mol. The maximum atomic E-state index is 12.9. The third-order valence-corrected chi connectivity index (χ3v) is 7.04. The fourth-order valence-electron chi connectivity index (χ4n) is 3.82. The Morgan fingerprint density at radius 3 is 2.58 bits per heavy atom. The summed E-state index contributed by atoms with van der Waals surface area (Å²) in [5, 5.41) is 2.25. The first kappa shape index (κ1) is 26.1. The molecule has 0 aromatic heterocycles. The highest BCUT2D eigenvalue weighted by Crippen LogP contribution is 2.39. The molecule has 2 aromatic carbocycles. The van der Waals surface area contributed by atoms with Crippen molar-refractivity contribution in [1.82, 2.24) is 4.90 Å². The Balaban J connectivity index is 1.40. The van der Waals surface area contributed by atoms with Gasteiger partial charge in [-0.1, -0.05) is 0 Å². The number of morpholine rings is 1. The number of rotatable bonds is 8. The number of carbonyl (C=O) groups is 3. The highest BCUT2D eigenvalue weighted by Gasteiger charge is 2.36. The fourth-order valence-corrected chi connectivity index (χ4v) is 5.23. The van der Waals surface area contributed by atoms with E-state index in [1.807, 2.05) is 19.1 Å². The summed E-state index contributed by atoms with van der Waals surface area (Å²) >= 11 is 4.25. The fraction of sp³-hybridized carbons (Fsp3) is 0.320. The number of hydrogen-bond acceptors (Lipinski definition) is 8. The minimum Gasteiger partial charge on any atom is -0.493 e. The number of anilines is 2. The molecule has 1 N–H and O–H groups in total. The summed E-state index contributed by atoms with van der Waals surface area (Å²) in [4.78, 5) is 41.3. The molecule has 0 saturated carbocycles. The van der Waals surface area contributed by atoms with Gasteiger partial charge in [0.2, 0.25) is 5.91 Å². The molecular weight excluding hydrogens is 550 g/mol. The Kier molecular flexibility index (Phi) is 8.55. The first-order valence-corrected chi connectivity index (χ1v) is 13.0. The van der Waals surface area contributed by atoms with Gasteiger partial charge in [0, 0.05) is 24.5 Å². The van der Waals surface area contributed by atoms with Crippen molar-refractivity contribution in [2.75, 3.05) is 56.8 Å². The number of ether oxygens (including phenoxy) is 3. The molecule has 0 bridgehead atoms. The van der Waals surface area contributed by atoms with Gasteiger partial charge in [0.1, 0.15) is 6.54 Å². The smallest absolute Gasteiger partial charge is 0.294 e. The van der Waals surface area contributed by atoms with Crippen LogP contribution in [-0.2, 0) is 14.3 Å². The maximum Gasteiger partial charge on any atom is 0.294 e. The van der Waals surface area contributed by atoms with E-state index in [1.54, 1.807) is 30.3 Å². The molecule has 0 radical (unpaired) electrons. The highest BCUT2D eigenvalue weighted by atomic mass is 79.9. The maximum absolute atomic E-state index is 12.9. The predicted octanol–water partition coefficient (Wildman–Crippen LogP) is 4.37. The van der Waals surface area contributed by atoms with Crippen LogP contribution in [0.15, 0.2) is 45.8 Å². The third kappa shape index (κ3) is 6.03. The summed E-state index contributed by atoms with van der Waals surface area (Å²) in [6, 6.07) is 10.9. The molecular formula is C25H26BrN3O6S. The predicted molar refractivity (Wildman–Crippen MR) is 143 cm³/mol. The largest absolute Gasteiger partial charge is 0.493 e. The molecule has 2 fully saturated rings. The summed E-state index contributed by atoms with van der Waals surface area (Å²) in [5.74, 6) is 0.0746. The van der Waals surface area contributed by atoms with E-state index in [-0.39, 0.29) is 11.4 Å². The Labute approximate surface area is 221 Å². The molecule has 190 valence electrons. The standard InChI is InChI=1S/C25H26BrN3O6S/c1-3-35-23-19(26)12-16(13-20(23)33-2)14-21-24(31)29(25(32)36-21)15-22(30)27-17-4-6-18(7-5-17)28-8-10-34-11-9-28/h4-7,12-14H,3,8-11,15H2,1-2H3,(H,27,30)/b21-14+. The topological polar surface area (TPSA) is 97.4 Å². The molecule has 4 rings (SSSR count). The molecule has 2 aliphatic rings.